The highest BCUT2D eigenvalue weighted by atomic mass is 79.9. The van der Waals surface area contributed by atoms with Gasteiger partial charge >= 0.3 is 0 Å². The largest absolute Gasteiger partial charge is 0.493 e. The van der Waals surface area contributed by atoms with Crippen LogP contribution in [0, 0.1) is 0 Å². The smallest absolute Gasteiger partial charge is 0.165 e. The Labute approximate surface area is 111 Å². The molecule has 3 nitrogen and oxygen atoms in total. The summed E-state index contributed by atoms with van der Waals surface area (Å²) in [6.07, 6.45) is 0.105. The minimum absolute atomic E-state index is 0.105. The lowest BCUT2D eigenvalue weighted by atomic mass is 10.00. The van der Waals surface area contributed by atoms with Gasteiger partial charge in [-0.05, 0) is 38.4 Å². The maximum absolute atomic E-state index is 5.84. The van der Waals surface area contributed by atoms with E-state index in [0.29, 0.717) is 6.54 Å². The monoisotopic (exact) mass is 301 g/mol. The number of methoxy groups -OCH3 is 1. The summed E-state index contributed by atoms with van der Waals surface area (Å²) in [5.41, 5.74) is 6.81. The maximum Gasteiger partial charge on any atom is 0.165 e. The minimum Gasteiger partial charge on any atom is -0.493 e. The van der Waals surface area contributed by atoms with E-state index in [0.717, 1.165) is 21.5 Å². The maximum atomic E-state index is 5.84. The summed E-state index contributed by atoms with van der Waals surface area (Å²) in [5.74, 6) is 1.77. The zero-order valence-electron chi connectivity index (χ0n) is 10.8. The van der Waals surface area contributed by atoms with Crippen molar-refractivity contribution in [3.8, 4) is 11.5 Å². The lowest BCUT2D eigenvalue weighted by Crippen LogP contribution is -2.14. The third kappa shape index (κ3) is 3.61. The lowest BCUT2D eigenvalue weighted by molar-refractivity contribution is 0.226. The summed E-state index contributed by atoms with van der Waals surface area (Å²) in [6, 6.07) is 3.95. The molecule has 0 aliphatic heterocycles. The topological polar surface area (TPSA) is 44.5 Å². The molecule has 0 fully saturated rings. The van der Waals surface area contributed by atoms with E-state index in [9.17, 15) is 0 Å². The molecule has 0 aliphatic rings. The summed E-state index contributed by atoms with van der Waals surface area (Å²) in [4.78, 5) is 0. The third-order valence-corrected chi connectivity index (χ3v) is 2.96. The van der Waals surface area contributed by atoms with Crippen LogP contribution in [0.2, 0.25) is 0 Å². The fourth-order valence-corrected chi connectivity index (χ4v) is 2.05. The zero-order valence-corrected chi connectivity index (χ0v) is 12.4. The predicted molar refractivity (Wildman–Crippen MR) is 73.9 cm³/mol. The van der Waals surface area contributed by atoms with Crippen molar-refractivity contribution >= 4 is 15.9 Å². The molecule has 1 atom stereocenters. The van der Waals surface area contributed by atoms with Gasteiger partial charge in [-0.3, -0.25) is 0 Å². The van der Waals surface area contributed by atoms with E-state index in [-0.39, 0.29) is 12.0 Å². The predicted octanol–water partition coefficient (Wildman–Crippen LogP) is 3.31. The second-order valence-corrected chi connectivity index (χ2v) is 5.25. The van der Waals surface area contributed by atoms with Crippen LogP contribution in [0.5, 0.6) is 11.5 Å². The summed E-state index contributed by atoms with van der Waals surface area (Å²) in [7, 11) is 1.64. The van der Waals surface area contributed by atoms with Crippen molar-refractivity contribution in [3.05, 3.63) is 22.2 Å². The molecule has 1 unspecified atom stereocenters. The lowest BCUT2D eigenvalue weighted by Gasteiger charge is -2.20. The fraction of sp³-hybridized carbons (Fsp3) is 0.538. The molecule has 2 N–H and O–H groups in total. The van der Waals surface area contributed by atoms with Crippen molar-refractivity contribution in [2.45, 2.75) is 32.8 Å². The van der Waals surface area contributed by atoms with Gasteiger partial charge in [-0.1, -0.05) is 22.9 Å². The molecule has 4 heteroatoms. The van der Waals surface area contributed by atoms with Crippen LogP contribution in [-0.4, -0.2) is 19.8 Å². The number of ether oxygens (including phenoxy) is 2. The Morgan fingerprint density at radius 2 is 1.94 bits per heavy atom. The van der Waals surface area contributed by atoms with Gasteiger partial charge in [-0.2, -0.15) is 0 Å². The number of benzene rings is 1. The molecule has 0 aliphatic carbocycles. The molecule has 0 radical (unpaired) electrons. The number of halogens is 1. The number of rotatable bonds is 5. The Morgan fingerprint density at radius 1 is 1.29 bits per heavy atom. The standard InChI is InChI=1S/C13H20BrNO2/c1-8(2)17-13-11(9(3)7-15)5-10(14)6-12(13)16-4/h5-6,8-9H,7,15H2,1-4H3. The molecule has 0 saturated carbocycles. The van der Waals surface area contributed by atoms with Gasteiger partial charge in [0.25, 0.3) is 0 Å². The van der Waals surface area contributed by atoms with Crippen molar-refractivity contribution in [1.29, 1.82) is 0 Å². The highest BCUT2D eigenvalue weighted by molar-refractivity contribution is 9.10. The van der Waals surface area contributed by atoms with Crippen LogP contribution in [0.15, 0.2) is 16.6 Å². The first kappa shape index (κ1) is 14.3. The van der Waals surface area contributed by atoms with E-state index in [1.54, 1.807) is 7.11 Å². The van der Waals surface area contributed by atoms with Crippen LogP contribution < -0.4 is 15.2 Å². The number of hydrogen-bond acceptors (Lipinski definition) is 3. The Bertz CT molecular complexity index is 380. The van der Waals surface area contributed by atoms with Crippen LogP contribution in [0.4, 0.5) is 0 Å². The average molecular weight is 302 g/mol. The molecular formula is C13H20BrNO2. The van der Waals surface area contributed by atoms with Gasteiger partial charge in [0.05, 0.1) is 13.2 Å². The first-order valence-electron chi connectivity index (χ1n) is 5.73. The van der Waals surface area contributed by atoms with Crippen molar-refractivity contribution < 1.29 is 9.47 Å². The fourth-order valence-electron chi connectivity index (χ4n) is 1.60. The summed E-state index contributed by atoms with van der Waals surface area (Å²) in [5, 5.41) is 0. The summed E-state index contributed by atoms with van der Waals surface area (Å²) < 4.78 is 12.2. The van der Waals surface area contributed by atoms with Crippen LogP contribution in [-0.2, 0) is 0 Å². The van der Waals surface area contributed by atoms with Crippen LogP contribution >= 0.6 is 15.9 Å². The molecule has 0 spiro atoms. The molecule has 17 heavy (non-hydrogen) atoms. The molecule has 1 aromatic carbocycles. The zero-order chi connectivity index (χ0) is 13.0. The molecule has 0 amide bonds. The van der Waals surface area contributed by atoms with Gasteiger partial charge in [-0.15, -0.1) is 0 Å². The Hall–Kier alpha value is -0.740. The summed E-state index contributed by atoms with van der Waals surface area (Å²) >= 11 is 3.48. The first-order valence-corrected chi connectivity index (χ1v) is 6.53. The van der Waals surface area contributed by atoms with E-state index >= 15 is 0 Å². The normalized spacial score (nSPS) is 12.6. The SMILES string of the molecule is COc1cc(Br)cc(C(C)CN)c1OC(C)C. The molecule has 0 bridgehead atoms. The highest BCUT2D eigenvalue weighted by Crippen LogP contribution is 2.39. The van der Waals surface area contributed by atoms with E-state index in [1.165, 1.54) is 0 Å². The molecule has 0 aromatic heterocycles. The molecular weight excluding hydrogens is 282 g/mol. The third-order valence-electron chi connectivity index (χ3n) is 2.51. The Kier molecular flexibility index (Phi) is 5.28. The quantitative estimate of drug-likeness (QED) is 0.907. The highest BCUT2D eigenvalue weighted by Gasteiger charge is 2.17. The van der Waals surface area contributed by atoms with Gasteiger partial charge in [0.1, 0.15) is 0 Å². The van der Waals surface area contributed by atoms with Crippen molar-refractivity contribution in [2.24, 2.45) is 5.73 Å². The van der Waals surface area contributed by atoms with E-state index < -0.39 is 0 Å². The van der Waals surface area contributed by atoms with Crippen LogP contribution in [0.3, 0.4) is 0 Å². The van der Waals surface area contributed by atoms with Crippen molar-refractivity contribution in [1.82, 2.24) is 0 Å². The van der Waals surface area contributed by atoms with Gasteiger partial charge in [0, 0.05) is 10.0 Å². The second-order valence-electron chi connectivity index (χ2n) is 4.33. The molecule has 0 saturated heterocycles. The Balaban J connectivity index is 3.27. The molecule has 1 rings (SSSR count). The Morgan fingerprint density at radius 3 is 2.41 bits per heavy atom. The summed E-state index contributed by atoms with van der Waals surface area (Å²) in [6.45, 7) is 6.65. The molecule has 0 heterocycles. The van der Waals surface area contributed by atoms with Crippen LogP contribution in [0.25, 0.3) is 0 Å². The number of nitrogens with two attached hydrogens (primary N) is 1. The van der Waals surface area contributed by atoms with Gasteiger partial charge in [0.2, 0.25) is 0 Å². The second kappa shape index (κ2) is 6.26. The van der Waals surface area contributed by atoms with Crippen LogP contribution in [0.1, 0.15) is 32.3 Å². The van der Waals surface area contributed by atoms with Crippen molar-refractivity contribution in [3.63, 3.8) is 0 Å². The molecule has 96 valence electrons. The van der Waals surface area contributed by atoms with Crippen molar-refractivity contribution in [2.75, 3.05) is 13.7 Å². The van der Waals surface area contributed by atoms with E-state index in [2.05, 4.69) is 22.9 Å². The molecule has 1 aromatic rings. The van der Waals surface area contributed by atoms with Gasteiger partial charge in [0.15, 0.2) is 11.5 Å². The van der Waals surface area contributed by atoms with E-state index in [4.69, 9.17) is 15.2 Å². The first-order chi connectivity index (χ1) is 7.99. The van der Waals surface area contributed by atoms with E-state index in [1.807, 2.05) is 26.0 Å². The van der Waals surface area contributed by atoms with Gasteiger partial charge in [-0.25, -0.2) is 0 Å². The van der Waals surface area contributed by atoms with Gasteiger partial charge < -0.3 is 15.2 Å². The number of hydrogen-bond donors (Lipinski definition) is 1. The average Bonchev–Trinajstić information content (AvgIpc) is 2.29. The minimum atomic E-state index is 0.105.